The minimum Gasteiger partial charge on any atom is -0.363 e. The molecule has 2 aromatic rings. The van der Waals surface area contributed by atoms with Crippen LogP contribution in [-0.4, -0.2) is 31.1 Å². The Kier molecular flexibility index (Phi) is 3.67. The van der Waals surface area contributed by atoms with E-state index < -0.39 is 15.9 Å². The molecule has 0 unspecified atom stereocenters. The highest BCUT2D eigenvalue weighted by Crippen LogP contribution is 2.35. The third-order valence-corrected chi connectivity index (χ3v) is 5.39. The van der Waals surface area contributed by atoms with Gasteiger partial charge in [0.2, 0.25) is 5.84 Å². The molecule has 2 N–H and O–H groups in total. The van der Waals surface area contributed by atoms with Gasteiger partial charge >= 0.3 is 0 Å². The zero-order chi connectivity index (χ0) is 19.2. The van der Waals surface area contributed by atoms with Crippen LogP contribution in [0, 0.1) is 11.3 Å². The van der Waals surface area contributed by atoms with Gasteiger partial charge in [-0.15, -0.1) is 4.40 Å². The molecule has 0 atom stereocenters. The number of nitrogens with zero attached hydrogens (tertiary/aromatic N) is 5. The van der Waals surface area contributed by atoms with Gasteiger partial charge in [-0.3, -0.25) is 9.80 Å². The first kappa shape index (κ1) is 16.7. The Morgan fingerprint density at radius 3 is 2.52 bits per heavy atom. The van der Waals surface area contributed by atoms with E-state index in [1.807, 2.05) is 6.07 Å². The quantitative estimate of drug-likeness (QED) is 0.835. The van der Waals surface area contributed by atoms with E-state index in [4.69, 9.17) is 11.0 Å². The molecule has 0 spiro atoms. The van der Waals surface area contributed by atoms with Crippen LogP contribution in [0.1, 0.15) is 11.1 Å². The summed E-state index contributed by atoms with van der Waals surface area (Å²) >= 11 is 0. The number of hydrazine groups is 1. The summed E-state index contributed by atoms with van der Waals surface area (Å²) in [5.41, 5.74) is 7.05. The summed E-state index contributed by atoms with van der Waals surface area (Å²) in [6.07, 6.45) is 0. The molecule has 27 heavy (non-hydrogen) atoms. The van der Waals surface area contributed by atoms with Crippen molar-refractivity contribution in [2.45, 2.75) is 11.4 Å². The van der Waals surface area contributed by atoms with Gasteiger partial charge in [-0.05, 0) is 29.8 Å². The molecular formula is C17H12N6O3S. The lowest BCUT2D eigenvalue weighted by atomic mass is 10.1. The molecule has 0 saturated carbocycles. The highest BCUT2D eigenvalue weighted by atomic mass is 32.2. The Balaban J connectivity index is 1.82. The summed E-state index contributed by atoms with van der Waals surface area (Å²) in [5, 5.41) is 11.8. The zero-order valence-electron chi connectivity index (χ0n) is 13.8. The van der Waals surface area contributed by atoms with Crippen molar-refractivity contribution in [3.8, 4) is 6.07 Å². The van der Waals surface area contributed by atoms with Crippen LogP contribution in [-0.2, 0) is 21.4 Å². The molecule has 2 aromatic carbocycles. The summed E-state index contributed by atoms with van der Waals surface area (Å²) < 4.78 is 28.5. The van der Waals surface area contributed by atoms with Crippen molar-refractivity contribution < 1.29 is 13.2 Å². The number of anilines is 1. The van der Waals surface area contributed by atoms with Crippen molar-refractivity contribution in [2.75, 3.05) is 5.01 Å². The molecule has 2 heterocycles. The fraction of sp³-hybridized carbons (Fsp3) is 0.0588. The monoisotopic (exact) mass is 380 g/mol. The number of nitriles is 1. The predicted octanol–water partition coefficient (Wildman–Crippen LogP) is 0.738. The number of amides is 1. The number of aliphatic imine (C=N–C) groups is 1. The Morgan fingerprint density at radius 2 is 1.85 bits per heavy atom. The third-order valence-electron chi connectivity index (χ3n) is 4.09. The van der Waals surface area contributed by atoms with Gasteiger partial charge in [0.25, 0.3) is 21.9 Å². The molecule has 0 aliphatic carbocycles. The summed E-state index contributed by atoms with van der Waals surface area (Å²) in [6, 6.07) is 15.1. The van der Waals surface area contributed by atoms with Crippen molar-refractivity contribution in [3.05, 3.63) is 59.7 Å². The SMILES string of the molecule is N#Cc1ccc(CN2C(C(N)=O)=NC3=NS(=O)(=O)c4ccccc4N32)cc1. The Bertz CT molecular complexity index is 1160. The number of primary amides is 1. The standard InChI is InChI=1S/C17H12N6O3S/c18-9-11-5-7-12(8-6-11)10-22-16(15(19)24)20-17-21-27(25,26)14-4-2-1-3-13(14)23(17)22/h1-8H,10H2,(H2,19,24). The van der Waals surface area contributed by atoms with Gasteiger partial charge in [0.1, 0.15) is 4.90 Å². The smallest absolute Gasteiger partial charge is 0.287 e. The van der Waals surface area contributed by atoms with E-state index in [1.165, 1.54) is 16.1 Å². The van der Waals surface area contributed by atoms with Gasteiger partial charge in [0.15, 0.2) is 0 Å². The van der Waals surface area contributed by atoms with Crippen LogP contribution in [0.25, 0.3) is 0 Å². The number of benzene rings is 2. The fourth-order valence-electron chi connectivity index (χ4n) is 2.89. The number of hydrogen-bond donors (Lipinski definition) is 1. The zero-order valence-corrected chi connectivity index (χ0v) is 14.6. The number of para-hydroxylation sites is 1. The second kappa shape index (κ2) is 5.93. The Morgan fingerprint density at radius 1 is 1.15 bits per heavy atom. The number of nitrogens with two attached hydrogens (primary N) is 1. The normalized spacial score (nSPS) is 16.7. The molecule has 0 aromatic heterocycles. The van der Waals surface area contributed by atoms with E-state index in [1.54, 1.807) is 42.5 Å². The molecule has 10 heteroatoms. The van der Waals surface area contributed by atoms with E-state index in [-0.39, 0.29) is 23.2 Å². The molecule has 2 aliphatic rings. The minimum atomic E-state index is -3.93. The maximum atomic E-state index is 12.4. The number of sulfonamides is 1. The minimum absolute atomic E-state index is 0.0134. The number of carbonyl (C=O) groups excluding carboxylic acids is 1. The number of fused-ring (bicyclic) bond motifs is 3. The summed E-state index contributed by atoms with van der Waals surface area (Å²) in [5.74, 6) is -1.07. The molecule has 9 nitrogen and oxygen atoms in total. The second-order valence-corrected chi connectivity index (χ2v) is 7.38. The van der Waals surface area contributed by atoms with Crippen molar-refractivity contribution >= 4 is 33.4 Å². The van der Waals surface area contributed by atoms with Crippen LogP contribution in [0.4, 0.5) is 5.69 Å². The van der Waals surface area contributed by atoms with Crippen LogP contribution in [0.3, 0.4) is 0 Å². The average Bonchev–Trinajstić information content (AvgIpc) is 3.00. The maximum absolute atomic E-state index is 12.4. The number of hydrogen-bond acceptors (Lipinski definition) is 7. The van der Waals surface area contributed by atoms with Crippen molar-refractivity contribution in [2.24, 2.45) is 15.1 Å². The maximum Gasteiger partial charge on any atom is 0.287 e. The summed E-state index contributed by atoms with van der Waals surface area (Å²) in [4.78, 5) is 15.9. The summed E-state index contributed by atoms with van der Waals surface area (Å²) in [7, 11) is -3.93. The first-order valence-corrected chi connectivity index (χ1v) is 9.24. The van der Waals surface area contributed by atoms with Crippen LogP contribution < -0.4 is 10.7 Å². The van der Waals surface area contributed by atoms with Gasteiger partial charge < -0.3 is 5.73 Å². The highest BCUT2D eigenvalue weighted by molar-refractivity contribution is 7.90. The predicted molar refractivity (Wildman–Crippen MR) is 96.9 cm³/mol. The Labute approximate surface area is 154 Å². The second-order valence-electron chi connectivity index (χ2n) is 5.81. The molecule has 0 saturated heterocycles. The van der Waals surface area contributed by atoms with Crippen LogP contribution in [0.15, 0.2) is 62.8 Å². The largest absolute Gasteiger partial charge is 0.363 e. The van der Waals surface area contributed by atoms with Gasteiger partial charge in [0.05, 0.1) is 23.9 Å². The fourth-order valence-corrected chi connectivity index (χ4v) is 3.99. The van der Waals surface area contributed by atoms with E-state index in [0.717, 1.165) is 5.56 Å². The lowest BCUT2D eigenvalue weighted by Crippen LogP contribution is -2.48. The van der Waals surface area contributed by atoms with Crippen molar-refractivity contribution in [1.29, 1.82) is 5.26 Å². The van der Waals surface area contributed by atoms with Gasteiger partial charge in [-0.2, -0.15) is 18.7 Å². The lowest BCUT2D eigenvalue weighted by molar-refractivity contribution is -0.112. The van der Waals surface area contributed by atoms with E-state index in [0.29, 0.717) is 11.3 Å². The molecule has 0 radical (unpaired) electrons. The van der Waals surface area contributed by atoms with E-state index in [9.17, 15) is 13.2 Å². The first-order chi connectivity index (χ1) is 12.9. The highest BCUT2D eigenvalue weighted by Gasteiger charge is 2.41. The van der Waals surface area contributed by atoms with Gasteiger partial charge in [-0.25, -0.2) is 5.01 Å². The molecule has 134 valence electrons. The number of guanidine groups is 1. The number of carbonyl (C=O) groups is 1. The summed E-state index contributed by atoms with van der Waals surface area (Å²) in [6.45, 7) is 0.181. The van der Waals surface area contributed by atoms with Gasteiger partial charge in [-0.1, -0.05) is 24.3 Å². The molecule has 2 aliphatic heterocycles. The molecule has 0 bridgehead atoms. The van der Waals surface area contributed by atoms with Crippen molar-refractivity contribution in [3.63, 3.8) is 0 Å². The third kappa shape index (κ3) is 2.70. The van der Waals surface area contributed by atoms with Crippen LogP contribution in [0.2, 0.25) is 0 Å². The number of rotatable bonds is 3. The van der Waals surface area contributed by atoms with Gasteiger partial charge in [0, 0.05) is 0 Å². The topological polar surface area (TPSA) is 132 Å². The van der Waals surface area contributed by atoms with E-state index in [2.05, 4.69) is 9.39 Å². The van der Waals surface area contributed by atoms with Crippen LogP contribution in [0.5, 0.6) is 0 Å². The lowest BCUT2D eigenvalue weighted by Gasteiger charge is -2.33. The molecule has 4 rings (SSSR count). The molecule has 0 fully saturated rings. The van der Waals surface area contributed by atoms with Crippen LogP contribution >= 0.6 is 0 Å². The molecule has 1 amide bonds. The molecular weight excluding hydrogens is 368 g/mol. The van der Waals surface area contributed by atoms with E-state index >= 15 is 0 Å². The average molecular weight is 380 g/mol. The number of amidine groups is 1. The van der Waals surface area contributed by atoms with Crippen molar-refractivity contribution in [1.82, 2.24) is 5.01 Å². The Hall–Kier alpha value is -3.71. The first-order valence-electron chi connectivity index (χ1n) is 7.80.